The molecule has 0 aliphatic rings. The summed E-state index contributed by atoms with van der Waals surface area (Å²) in [6, 6.07) is 1.78. The van der Waals surface area contributed by atoms with Crippen LogP contribution < -0.4 is 5.32 Å². The van der Waals surface area contributed by atoms with Crippen LogP contribution in [0.1, 0.15) is 37.0 Å². The van der Waals surface area contributed by atoms with Crippen molar-refractivity contribution in [3.63, 3.8) is 0 Å². The number of hydrogen-bond acceptors (Lipinski definition) is 3. The number of nitrogens with zero attached hydrogens (tertiary/aromatic N) is 2. The van der Waals surface area contributed by atoms with Crippen molar-refractivity contribution in [1.82, 2.24) is 15.2 Å². The van der Waals surface area contributed by atoms with E-state index >= 15 is 0 Å². The topological polar surface area (TPSA) is 45.2 Å². The number of hydrogen-bond donors (Lipinski definition) is 1. The van der Waals surface area contributed by atoms with Gasteiger partial charge in [-0.2, -0.15) is 0 Å². The summed E-state index contributed by atoms with van der Waals surface area (Å²) >= 11 is 11.8. The molecule has 1 heterocycles. The fourth-order valence-electron chi connectivity index (χ4n) is 2.48. The predicted molar refractivity (Wildman–Crippen MR) is 88.1 cm³/mol. The highest BCUT2D eigenvalue weighted by atomic mass is 35.5. The minimum Gasteiger partial charge on any atom is -0.350 e. The number of amides is 1. The largest absolute Gasteiger partial charge is 0.350 e. The highest BCUT2D eigenvalue weighted by Crippen LogP contribution is 2.19. The first kappa shape index (κ1) is 18.2. The Morgan fingerprint density at radius 3 is 2.48 bits per heavy atom. The number of carbonyl (C=O) groups excluding carboxylic acids is 1. The first-order valence-electron chi connectivity index (χ1n) is 7.16. The third kappa shape index (κ3) is 5.13. The molecular weight excluding hydrogens is 309 g/mol. The Balaban J connectivity index is 2.75. The Morgan fingerprint density at radius 2 is 1.95 bits per heavy atom. The molecule has 1 aromatic rings. The molecule has 0 spiro atoms. The van der Waals surface area contributed by atoms with Crippen molar-refractivity contribution in [2.45, 2.75) is 32.7 Å². The number of likely N-dealkylation sites (N-methyl/N-ethyl adjacent to an activating group) is 1. The molecule has 1 aromatic heterocycles. The van der Waals surface area contributed by atoms with Crippen LogP contribution in [0.4, 0.5) is 0 Å². The summed E-state index contributed by atoms with van der Waals surface area (Å²) < 4.78 is 0. The van der Waals surface area contributed by atoms with E-state index < -0.39 is 0 Å². The molecular formula is C15H23Cl2N3O. The Labute approximate surface area is 136 Å². The molecule has 0 aromatic carbocycles. The molecule has 0 saturated carbocycles. The summed E-state index contributed by atoms with van der Waals surface area (Å²) in [4.78, 5) is 18.2. The van der Waals surface area contributed by atoms with Crippen molar-refractivity contribution in [2.24, 2.45) is 5.92 Å². The van der Waals surface area contributed by atoms with Crippen molar-refractivity contribution >= 4 is 29.1 Å². The zero-order valence-electron chi connectivity index (χ0n) is 13.0. The molecule has 21 heavy (non-hydrogen) atoms. The van der Waals surface area contributed by atoms with Gasteiger partial charge in [0, 0.05) is 18.8 Å². The van der Waals surface area contributed by atoms with E-state index in [0.717, 1.165) is 12.8 Å². The average Bonchev–Trinajstić information content (AvgIpc) is 2.45. The number of aromatic nitrogens is 1. The molecule has 1 unspecified atom stereocenters. The van der Waals surface area contributed by atoms with E-state index in [1.165, 1.54) is 12.3 Å². The maximum Gasteiger partial charge on any atom is 0.253 e. The zero-order chi connectivity index (χ0) is 16.0. The summed E-state index contributed by atoms with van der Waals surface area (Å²) in [6.45, 7) is 4.92. The summed E-state index contributed by atoms with van der Waals surface area (Å²) in [5, 5.41) is 3.51. The van der Waals surface area contributed by atoms with E-state index in [2.05, 4.69) is 29.0 Å². The summed E-state index contributed by atoms with van der Waals surface area (Å²) in [6.07, 6.45) is 3.55. The third-order valence-electron chi connectivity index (χ3n) is 3.79. The fourth-order valence-corrected chi connectivity index (χ4v) is 2.83. The lowest BCUT2D eigenvalue weighted by atomic mass is 9.93. The monoisotopic (exact) mass is 331 g/mol. The lowest BCUT2D eigenvalue weighted by molar-refractivity contribution is 0.0929. The zero-order valence-corrected chi connectivity index (χ0v) is 14.5. The van der Waals surface area contributed by atoms with Crippen molar-refractivity contribution in [3.05, 3.63) is 28.0 Å². The van der Waals surface area contributed by atoms with Crippen LogP contribution in [0.5, 0.6) is 0 Å². The number of pyridine rings is 1. The Morgan fingerprint density at radius 1 is 1.33 bits per heavy atom. The van der Waals surface area contributed by atoms with Crippen LogP contribution in [0.3, 0.4) is 0 Å². The fraction of sp³-hybridized carbons (Fsp3) is 0.600. The van der Waals surface area contributed by atoms with E-state index in [0.29, 0.717) is 29.1 Å². The molecule has 0 radical (unpaired) electrons. The summed E-state index contributed by atoms with van der Waals surface area (Å²) in [5.74, 6) is 0.318. The van der Waals surface area contributed by atoms with Gasteiger partial charge in [-0.05, 0) is 26.1 Å². The summed E-state index contributed by atoms with van der Waals surface area (Å²) in [7, 11) is 4.07. The second-order valence-electron chi connectivity index (χ2n) is 5.30. The van der Waals surface area contributed by atoms with Crippen molar-refractivity contribution in [1.29, 1.82) is 0 Å². The van der Waals surface area contributed by atoms with Crippen LogP contribution in [0, 0.1) is 5.92 Å². The van der Waals surface area contributed by atoms with E-state index in [-0.39, 0.29) is 11.1 Å². The first-order chi connectivity index (χ1) is 9.90. The molecule has 0 saturated heterocycles. The van der Waals surface area contributed by atoms with Gasteiger partial charge in [-0.15, -0.1) is 0 Å². The lowest BCUT2D eigenvalue weighted by Gasteiger charge is -2.31. The summed E-state index contributed by atoms with van der Waals surface area (Å²) in [5.41, 5.74) is 0.360. The lowest BCUT2D eigenvalue weighted by Crippen LogP contribution is -2.44. The Kier molecular flexibility index (Phi) is 7.43. The highest BCUT2D eigenvalue weighted by molar-refractivity contribution is 6.35. The standard InChI is InChI=1S/C15H23Cl2N3O/c1-5-10(6-2)13(20(3)4)9-19-15(21)11-7-14(17)18-8-12(11)16/h7-8,10,13H,5-6,9H2,1-4H3,(H,19,21). The first-order valence-corrected chi connectivity index (χ1v) is 7.91. The maximum absolute atomic E-state index is 12.2. The molecule has 1 N–H and O–H groups in total. The minimum absolute atomic E-state index is 0.220. The molecule has 1 amide bonds. The van der Waals surface area contributed by atoms with E-state index in [1.807, 2.05) is 14.1 Å². The Bertz CT molecular complexity index is 476. The number of rotatable bonds is 7. The van der Waals surface area contributed by atoms with Gasteiger partial charge in [0.1, 0.15) is 5.15 Å². The van der Waals surface area contributed by atoms with Crippen LogP contribution in [-0.4, -0.2) is 42.5 Å². The third-order valence-corrected chi connectivity index (χ3v) is 4.30. The molecule has 118 valence electrons. The smallest absolute Gasteiger partial charge is 0.253 e. The van der Waals surface area contributed by atoms with Crippen molar-refractivity contribution in [3.8, 4) is 0 Å². The average molecular weight is 332 g/mol. The van der Waals surface area contributed by atoms with E-state index in [4.69, 9.17) is 23.2 Å². The van der Waals surface area contributed by atoms with Crippen LogP contribution in [0.25, 0.3) is 0 Å². The predicted octanol–water partition coefficient (Wildman–Crippen LogP) is 3.48. The number of carbonyl (C=O) groups is 1. The van der Waals surface area contributed by atoms with Gasteiger partial charge in [-0.3, -0.25) is 4.79 Å². The maximum atomic E-state index is 12.2. The SMILES string of the molecule is CCC(CC)C(CNC(=O)c1cc(Cl)ncc1Cl)N(C)C. The van der Waals surface area contributed by atoms with Gasteiger partial charge < -0.3 is 10.2 Å². The van der Waals surface area contributed by atoms with Crippen LogP contribution in [-0.2, 0) is 0 Å². The van der Waals surface area contributed by atoms with Gasteiger partial charge in [0.15, 0.2) is 0 Å². The molecule has 0 aliphatic carbocycles. The molecule has 1 rings (SSSR count). The van der Waals surface area contributed by atoms with Crippen LogP contribution in [0.2, 0.25) is 10.2 Å². The van der Waals surface area contributed by atoms with Gasteiger partial charge in [0.05, 0.1) is 10.6 Å². The van der Waals surface area contributed by atoms with Gasteiger partial charge in [0.25, 0.3) is 5.91 Å². The van der Waals surface area contributed by atoms with Gasteiger partial charge in [-0.1, -0.05) is 49.9 Å². The normalized spacial score (nSPS) is 12.8. The highest BCUT2D eigenvalue weighted by Gasteiger charge is 2.22. The van der Waals surface area contributed by atoms with Crippen LogP contribution >= 0.6 is 23.2 Å². The second-order valence-corrected chi connectivity index (χ2v) is 6.10. The van der Waals surface area contributed by atoms with Crippen molar-refractivity contribution < 1.29 is 4.79 Å². The number of nitrogens with one attached hydrogen (secondary N) is 1. The second kappa shape index (κ2) is 8.57. The van der Waals surface area contributed by atoms with E-state index in [9.17, 15) is 4.79 Å². The van der Waals surface area contributed by atoms with Crippen molar-refractivity contribution in [2.75, 3.05) is 20.6 Å². The quantitative estimate of drug-likeness (QED) is 0.778. The number of halogens is 2. The van der Waals surface area contributed by atoms with E-state index in [1.54, 1.807) is 0 Å². The van der Waals surface area contributed by atoms with Gasteiger partial charge in [0.2, 0.25) is 0 Å². The van der Waals surface area contributed by atoms with Gasteiger partial charge in [-0.25, -0.2) is 4.98 Å². The molecule has 0 bridgehead atoms. The molecule has 4 nitrogen and oxygen atoms in total. The molecule has 6 heteroatoms. The Hall–Kier alpha value is -0.840. The minimum atomic E-state index is -0.220. The molecule has 1 atom stereocenters. The molecule has 0 aliphatic heterocycles. The molecule has 0 fully saturated rings. The van der Waals surface area contributed by atoms with Crippen LogP contribution in [0.15, 0.2) is 12.3 Å². The van der Waals surface area contributed by atoms with Gasteiger partial charge >= 0.3 is 0 Å².